The highest BCUT2D eigenvalue weighted by Gasteiger charge is 2.35. The van der Waals surface area contributed by atoms with Crippen molar-refractivity contribution in [1.82, 2.24) is 9.80 Å². The van der Waals surface area contributed by atoms with Gasteiger partial charge in [-0.15, -0.1) is 0 Å². The Kier molecular flexibility index (Phi) is 5.97. The van der Waals surface area contributed by atoms with Crippen molar-refractivity contribution < 1.29 is 4.79 Å². The van der Waals surface area contributed by atoms with Gasteiger partial charge in [-0.3, -0.25) is 9.69 Å². The average molecular weight is 322 g/mol. The molecule has 0 radical (unpaired) electrons. The zero-order valence-electron chi connectivity index (χ0n) is 14.8. The van der Waals surface area contributed by atoms with E-state index in [4.69, 9.17) is 5.73 Å². The van der Waals surface area contributed by atoms with Gasteiger partial charge in [0.05, 0.1) is 0 Å². The van der Waals surface area contributed by atoms with Crippen LogP contribution < -0.4 is 5.73 Å². The molecule has 2 N–H and O–H groups in total. The summed E-state index contributed by atoms with van der Waals surface area (Å²) in [5.74, 6) is 0.366. The lowest BCUT2D eigenvalue weighted by molar-refractivity contribution is -0.134. The fourth-order valence-corrected chi connectivity index (χ4v) is 5.01. The molecule has 0 unspecified atom stereocenters. The second kappa shape index (κ2) is 7.98. The molecule has 1 saturated heterocycles. The third-order valence-corrected chi connectivity index (χ3v) is 6.60. The topological polar surface area (TPSA) is 49.6 Å². The summed E-state index contributed by atoms with van der Waals surface area (Å²) in [6.45, 7) is 4.81. The average Bonchev–Trinajstić information content (AvgIpc) is 3.00. The van der Waals surface area contributed by atoms with Crippen molar-refractivity contribution >= 4 is 5.91 Å². The largest absolute Gasteiger partial charge is 0.341 e. The quantitative estimate of drug-likeness (QED) is 0.866. The second-order valence-corrected chi connectivity index (χ2v) is 8.15. The van der Waals surface area contributed by atoms with Gasteiger partial charge >= 0.3 is 0 Å². The maximum Gasteiger partial charge on any atom is 0.223 e. The number of nitrogens with two attached hydrogens (primary N) is 1. The smallest absolute Gasteiger partial charge is 0.223 e. The predicted octanol–water partition coefficient (Wildman–Crippen LogP) is 2.76. The Morgan fingerprint density at radius 3 is 2.35 bits per heavy atom. The molecular formula is C19H35N3O. The molecule has 4 nitrogen and oxygen atoms in total. The number of rotatable bonds is 4. The van der Waals surface area contributed by atoms with Crippen LogP contribution >= 0.6 is 0 Å². The van der Waals surface area contributed by atoms with Crippen LogP contribution in [0, 0.1) is 5.41 Å². The Morgan fingerprint density at radius 2 is 1.65 bits per heavy atom. The maximum absolute atomic E-state index is 12.9. The first kappa shape index (κ1) is 17.2. The Labute approximate surface area is 141 Å². The molecule has 2 aliphatic carbocycles. The first-order valence-corrected chi connectivity index (χ1v) is 9.94. The zero-order valence-corrected chi connectivity index (χ0v) is 14.8. The minimum Gasteiger partial charge on any atom is -0.341 e. The highest BCUT2D eigenvalue weighted by atomic mass is 16.2. The van der Waals surface area contributed by atoms with Crippen LogP contribution in [0.25, 0.3) is 0 Å². The normalized spacial score (nSPS) is 27.1. The molecule has 1 aliphatic heterocycles. The van der Waals surface area contributed by atoms with Crippen LogP contribution in [0.2, 0.25) is 0 Å². The molecule has 2 saturated carbocycles. The standard InChI is InChI=1S/C19H35N3O/c20-16-19(9-4-1-5-10-19)15-18(23)22-12-6-11-21(13-14-22)17-7-2-3-8-17/h17H,1-16,20H2. The first-order chi connectivity index (χ1) is 11.2. The number of hydrogen-bond acceptors (Lipinski definition) is 3. The van der Waals surface area contributed by atoms with E-state index in [1.807, 2.05) is 0 Å². The van der Waals surface area contributed by atoms with Crippen LogP contribution in [0.3, 0.4) is 0 Å². The Balaban J connectivity index is 1.53. The van der Waals surface area contributed by atoms with Crippen molar-refractivity contribution in [3.63, 3.8) is 0 Å². The summed E-state index contributed by atoms with van der Waals surface area (Å²) < 4.78 is 0. The lowest BCUT2D eigenvalue weighted by Gasteiger charge is -2.37. The second-order valence-electron chi connectivity index (χ2n) is 8.15. The SMILES string of the molecule is NCC1(CC(=O)N2CCCN(C3CCCC3)CC2)CCCCC1. The Hall–Kier alpha value is -0.610. The maximum atomic E-state index is 12.9. The van der Waals surface area contributed by atoms with E-state index in [-0.39, 0.29) is 5.41 Å². The fourth-order valence-electron chi connectivity index (χ4n) is 5.01. The third kappa shape index (κ3) is 4.27. The molecule has 0 atom stereocenters. The van der Waals surface area contributed by atoms with E-state index < -0.39 is 0 Å². The first-order valence-electron chi connectivity index (χ1n) is 9.94. The van der Waals surface area contributed by atoms with Gasteiger partial charge in [0.15, 0.2) is 0 Å². The molecule has 0 spiro atoms. The summed E-state index contributed by atoms with van der Waals surface area (Å²) in [4.78, 5) is 17.7. The number of carbonyl (C=O) groups is 1. The minimum absolute atomic E-state index is 0.104. The van der Waals surface area contributed by atoms with Crippen LogP contribution in [0.5, 0.6) is 0 Å². The summed E-state index contributed by atoms with van der Waals surface area (Å²) >= 11 is 0. The van der Waals surface area contributed by atoms with Gasteiger partial charge < -0.3 is 10.6 Å². The summed E-state index contributed by atoms with van der Waals surface area (Å²) in [6, 6.07) is 0.791. The van der Waals surface area contributed by atoms with Crippen LogP contribution in [0.1, 0.15) is 70.6 Å². The van der Waals surface area contributed by atoms with E-state index in [9.17, 15) is 4.79 Å². The van der Waals surface area contributed by atoms with E-state index in [1.165, 1.54) is 51.5 Å². The molecule has 0 aromatic carbocycles. The molecule has 1 heterocycles. The summed E-state index contributed by atoms with van der Waals surface area (Å²) in [6.07, 6.45) is 13.5. The third-order valence-electron chi connectivity index (χ3n) is 6.60. The minimum atomic E-state index is 0.104. The van der Waals surface area contributed by atoms with Crippen molar-refractivity contribution in [3.8, 4) is 0 Å². The van der Waals surface area contributed by atoms with Gasteiger partial charge in [0, 0.05) is 38.6 Å². The molecule has 3 rings (SSSR count). The van der Waals surface area contributed by atoms with Crippen molar-refractivity contribution in [2.75, 3.05) is 32.7 Å². The van der Waals surface area contributed by atoms with Gasteiger partial charge in [-0.25, -0.2) is 0 Å². The molecule has 0 aromatic heterocycles. The van der Waals surface area contributed by atoms with Crippen LogP contribution in [0.15, 0.2) is 0 Å². The van der Waals surface area contributed by atoms with E-state index in [0.29, 0.717) is 18.9 Å². The van der Waals surface area contributed by atoms with E-state index in [1.54, 1.807) is 0 Å². The van der Waals surface area contributed by atoms with Crippen molar-refractivity contribution in [1.29, 1.82) is 0 Å². The highest BCUT2D eigenvalue weighted by Crippen LogP contribution is 2.38. The van der Waals surface area contributed by atoms with Crippen molar-refractivity contribution in [2.24, 2.45) is 11.1 Å². The van der Waals surface area contributed by atoms with E-state index >= 15 is 0 Å². The van der Waals surface area contributed by atoms with Crippen LogP contribution in [0.4, 0.5) is 0 Å². The summed E-state index contributed by atoms with van der Waals surface area (Å²) in [5.41, 5.74) is 6.18. The number of amides is 1. The van der Waals surface area contributed by atoms with Gasteiger partial charge in [0.2, 0.25) is 5.91 Å². The molecule has 23 heavy (non-hydrogen) atoms. The molecule has 4 heteroatoms. The zero-order chi connectivity index (χ0) is 16.1. The molecule has 132 valence electrons. The number of hydrogen-bond donors (Lipinski definition) is 1. The molecular weight excluding hydrogens is 286 g/mol. The van der Waals surface area contributed by atoms with Gasteiger partial charge in [0.25, 0.3) is 0 Å². The molecule has 0 aromatic rings. The summed E-state index contributed by atoms with van der Waals surface area (Å²) in [7, 11) is 0. The van der Waals surface area contributed by atoms with Gasteiger partial charge in [-0.05, 0) is 44.1 Å². The number of carbonyl (C=O) groups excluding carboxylic acids is 1. The fraction of sp³-hybridized carbons (Fsp3) is 0.947. The lowest BCUT2D eigenvalue weighted by Crippen LogP contribution is -2.42. The van der Waals surface area contributed by atoms with Crippen LogP contribution in [-0.4, -0.2) is 54.5 Å². The Bertz CT molecular complexity index is 386. The monoisotopic (exact) mass is 321 g/mol. The van der Waals surface area contributed by atoms with Gasteiger partial charge in [-0.2, -0.15) is 0 Å². The molecule has 3 fully saturated rings. The molecule has 3 aliphatic rings. The van der Waals surface area contributed by atoms with Gasteiger partial charge in [0.1, 0.15) is 0 Å². The molecule has 1 amide bonds. The van der Waals surface area contributed by atoms with E-state index in [2.05, 4.69) is 9.80 Å². The van der Waals surface area contributed by atoms with E-state index in [0.717, 1.165) is 44.9 Å². The highest BCUT2D eigenvalue weighted by molar-refractivity contribution is 5.77. The molecule has 0 bridgehead atoms. The lowest BCUT2D eigenvalue weighted by atomic mass is 9.71. The van der Waals surface area contributed by atoms with Crippen LogP contribution in [-0.2, 0) is 4.79 Å². The van der Waals surface area contributed by atoms with Crippen molar-refractivity contribution in [2.45, 2.75) is 76.7 Å². The van der Waals surface area contributed by atoms with Crippen molar-refractivity contribution in [3.05, 3.63) is 0 Å². The van der Waals surface area contributed by atoms with Gasteiger partial charge in [-0.1, -0.05) is 32.1 Å². The number of nitrogens with zero attached hydrogens (tertiary/aromatic N) is 2. The summed E-state index contributed by atoms with van der Waals surface area (Å²) in [5, 5.41) is 0. The Morgan fingerprint density at radius 1 is 0.913 bits per heavy atom. The predicted molar refractivity (Wildman–Crippen MR) is 94.2 cm³/mol.